The topological polar surface area (TPSA) is 0 Å². The normalized spacial score (nSPS) is 12.8. The average molecular weight is 423 g/mol. The fraction of sp³-hybridized carbons (Fsp3) is 0.250. The van der Waals surface area contributed by atoms with Crippen LogP contribution >= 0.6 is 0 Å². The number of benzene rings is 3. The van der Waals surface area contributed by atoms with Crippen LogP contribution < -0.4 is 0 Å². The number of rotatable bonds is 4. The third-order valence-electron chi connectivity index (χ3n) is 5.58. The van der Waals surface area contributed by atoms with Crippen molar-refractivity contribution in [1.29, 1.82) is 0 Å². The zero-order valence-corrected chi connectivity index (χ0v) is 20.9. The molecule has 0 saturated carbocycles. The molecular formula is C32H38. The largest absolute Gasteiger partial charge is 0.0991 e. The summed E-state index contributed by atoms with van der Waals surface area (Å²) in [4.78, 5) is 0. The summed E-state index contributed by atoms with van der Waals surface area (Å²) in [5.74, 6) is 0. The van der Waals surface area contributed by atoms with E-state index in [1.165, 1.54) is 44.5 Å². The van der Waals surface area contributed by atoms with Gasteiger partial charge in [0.05, 0.1) is 5.41 Å². The molecule has 0 amide bonds. The molecule has 0 unspecified atom stereocenters. The van der Waals surface area contributed by atoms with Crippen LogP contribution in [0.3, 0.4) is 0 Å². The summed E-state index contributed by atoms with van der Waals surface area (Å²) >= 11 is 0. The Balaban J connectivity index is 0.000000860. The zero-order chi connectivity index (χ0) is 23.7. The van der Waals surface area contributed by atoms with Crippen molar-refractivity contribution in [3.63, 3.8) is 0 Å². The molecular weight excluding hydrogens is 384 g/mol. The second-order valence-corrected chi connectivity index (χ2v) is 7.79. The van der Waals surface area contributed by atoms with Gasteiger partial charge in [0.2, 0.25) is 0 Å². The minimum Gasteiger partial charge on any atom is -0.0991 e. The van der Waals surface area contributed by atoms with Crippen molar-refractivity contribution in [3.05, 3.63) is 131 Å². The molecule has 0 aliphatic heterocycles. The van der Waals surface area contributed by atoms with Crippen LogP contribution in [0.15, 0.2) is 109 Å². The van der Waals surface area contributed by atoms with Gasteiger partial charge in [-0.3, -0.25) is 0 Å². The van der Waals surface area contributed by atoms with E-state index in [9.17, 15) is 0 Å². The minimum absolute atomic E-state index is 0.343. The number of aryl methyl sites for hydroxylation is 1. The molecule has 1 aliphatic rings. The maximum Gasteiger partial charge on any atom is 0.0713 e. The lowest BCUT2D eigenvalue weighted by atomic mass is 9.66. The van der Waals surface area contributed by atoms with Crippen LogP contribution in [0, 0.1) is 6.92 Å². The predicted molar refractivity (Wildman–Crippen MR) is 143 cm³/mol. The van der Waals surface area contributed by atoms with Gasteiger partial charge in [-0.2, -0.15) is 0 Å². The highest BCUT2D eigenvalue weighted by molar-refractivity contribution is 5.86. The van der Waals surface area contributed by atoms with Crippen molar-refractivity contribution in [2.45, 2.75) is 53.9 Å². The van der Waals surface area contributed by atoms with Crippen molar-refractivity contribution in [2.24, 2.45) is 0 Å². The lowest BCUT2D eigenvalue weighted by Crippen LogP contribution is -2.29. The van der Waals surface area contributed by atoms with Crippen LogP contribution in [0.25, 0.3) is 11.1 Å². The second-order valence-electron chi connectivity index (χ2n) is 7.79. The van der Waals surface area contributed by atoms with Crippen molar-refractivity contribution < 1.29 is 0 Å². The summed E-state index contributed by atoms with van der Waals surface area (Å²) in [7, 11) is 0. The molecule has 0 aromatic heterocycles. The van der Waals surface area contributed by atoms with E-state index in [1.807, 2.05) is 33.8 Å². The molecule has 0 N–H and O–H groups in total. The Morgan fingerprint density at radius 2 is 1.28 bits per heavy atom. The standard InChI is InChI=1S/C28H26.2C2H6/c1-5-11-22(18-20(2)3)28(23-13-10-12-21(4)19-23)26-16-8-6-14-24(26)25-15-7-9-17-27(25)28;2*1-2/h5-19H,1H2,2-4H3;2*1-2H3/b22-11+;;. The smallest absolute Gasteiger partial charge is 0.0713 e. The van der Waals surface area contributed by atoms with E-state index < -0.39 is 0 Å². The SMILES string of the molecule is C=C/C=C(\C=C(C)C)C1(c2cccc(C)c2)c2ccccc2-c2ccccc21.CC.CC. The first-order chi connectivity index (χ1) is 15.6. The van der Waals surface area contributed by atoms with Crippen LogP contribution in [-0.2, 0) is 5.41 Å². The maximum atomic E-state index is 4.03. The Hall–Kier alpha value is -3.12. The Labute approximate surface area is 196 Å². The van der Waals surface area contributed by atoms with Gasteiger partial charge in [-0.15, -0.1) is 0 Å². The van der Waals surface area contributed by atoms with Gasteiger partial charge in [-0.25, -0.2) is 0 Å². The van der Waals surface area contributed by atoms with E-state index >= 15 is 0 Å². The van der Waals surface area contributed by atoms with Crippen molar-refractivity contribution >= 4 is 0 Å². The van der Waals surface area contributed by atoms with E-state index in [0.717, 1.165) is 0 Å². The first-order valence-corrected chi connectivity index (χ1v) is 11.8. The van der Waals surface area contributed by atoms with Gasteiger partial charge in [0.25, 0.3) is 0 Å². The Morgan fingerprint density at radius 3 is 1.75 bits per heavy atom. The van der Waals surface area contributed by atoms with Gasteiger partial charge >= 0.3 is 0 Å². The van der Waals surface area contributed by atoms with Gasteiger partial charge in [0.1, 0.15) is 0 Å². The fourth-order valence-corrected chi connectivity index (χ4v) is 4.62. The van der Waals surface area contributed by atoms with Gasteiger partial charge < -0.3 is 0 Å². The first-order valence-electron chi connectivity index (χ1n) is 11.8. The van der Waals surface area contributed by atoms with Crippen LogP contribution in [0.1, 0.15) is 63.8 Å². The maximum absolute atomic E-state index is 4.03. The molecule has 1 aliphatic carbocycles. The Morgan fingerprint density at radius 1 is 0.750 bits per heavy atom. The molecule has 0 fully saturated rings. The van der Waals surface area contributed by atoms with Crippen molar-refractivity contribution in [2.75, 3.05) is 0 Å². The van der Waals surface area contributed by atoms with Gasteiger partial charge in [-0.05, 0) is 54.2 Å². The van der Waals surface area contributed by atoms with Gasteiger partial charge in [0.15, 0.2) is 0 Å². The van der Waals surface area contributed by atoms with E-state index in [-0.39, 0.29) is 5.41 Å². The van der Waals surface area contributed by atoms with E-state index in [1.54, 1.807) is 0 Å². The summed E-state index contributed by atoms with van der Waals surface area (Å²) in [6.45, 7) is 18.5. The molecule has 166 valence electrons. The van der Waals surface area contributed by atoms with Gasteiger partial charge in [0, 0.05) is 0 Å². The van der Waals surface area contributed by atoms with E-state index in [4.69, 9.17) is 0 Å². The first kappa shape index (κ1) is 25.1. The van der Waals surface area contributed by atoms with Crippen LogP contribution in [-0.4, -0.2) is 0 Å². The fourth-order valence-electron chi connectivity index (χ4n) is 4.62. The molecule has 4 rings (SSSR count). The van der Waals surface area contributed by atoms with Crippen molar-refractivity contribution in [1.82, 2.24) is 0 Å². The summed E-state index contributed by atoms with van der Waals surface area (Å²) in [6.07, 6.45) is 6.40. The average Bonchev–Trinajstić information content (AvgIpc) is 3.13. The van der Waals surface area contributed by atoms with E-state index in [0.29, 0.717) is 0 Å². The Kier molecular flexibility index (Phi) is 9.02. The van der Waals surface area contributed by atoms with Crippen molar-refractivity contribution in [3.8, 4) is 11.1 Å². The molecule has 0 bridgehead atoms. The number of fused-ring (bicyclic) bond motifs is 3. The van der Waals surface area contributed by atoms with E-state index in [2.05, 4.69) is 112 Å². The predicted octanol–water partition coefficient (Wildman–Crippen LogP) is 9.44. The lowest BCUT2D eigenvalue weighted by Gasteiger charge is -2.35. The molecule has 3 aromatic rings. The third kappa shape index (κ3) is 4.41. The minimum atomic E-state index is -0.343. The summed E-state index contributed by atoms with van der Waals surface area (Å²) in [5.41, 5.74) is 10.1. The summed E-state index contributed by atoms with van der Waals surface area (Å²) in [5, 5.41) is 0. The van der Waals surface area contributed by atoms with Crippen LogP contribution in [0.5, 0.6) is 0 Å². The monoisotopic (exact) mass is 422 g/mol. The highest BCUT2D eigenvalue weighted by atomic mass is 14.5. The number of allylic oxidation sites excluding steroid dienone is 5. The molecule has 32 heavy (non-hydrogen) atoms. The van der Waals surface area contributed by atoms with Crippen LogP contribution in [0.4, 0.5) is 0 Å². The molecule has 0 atom stereocenters. The third-order valence-corrected chi connectivity index (χ3v) is 5.58. The highest BCUT2D eigenvalue weighted by Gasteiger charge is 2.46. The van der Waals surface area contributed by atoms with Crippen LogP contribution in [0.2, 0.25) is 0 Å². The molecule has 0 radical (unpaired) electrons. The Bertz CT molecular complexity index is 1060. The molecule has 0 heterocycles. The molecule has 0 spiro atoms. The van der Waals surface area contributed by atoms with Gasteiger partial charge in [-0.1, -0.05) is 136 Å². The number of hydrogen-bond acceptors (Lipinski definition) is 0. The quantitative estimate of drug-likeness (QED) is 0.367. The second kappa shape index (κ2) is 11.5. The summed E-state index contributed by atoms with van der Waals surface area (Å²) in [6, 6.07) is 26.6. The zero-order valence-electron chi connectivity index (χ0n) is 20.9. The summed E-state index contributed by atoms with van der Waals surface area (Å²) < 4.78 is 0. The molecule has 0 saturated heterocycles. The molecule has 3 aromatic carbocycles. The molecule has 0 heteroatoms. The number of hydrogen-bond donors (Lipinski definition) is 0. The molecule has 0 nitrogen and oxygen atoms in total. The lowest BCUT2D eigenvalue weighted by molar-refractivity contribution is 0.764. The highest BCUT2D eigenvalue weighted by Crippen LogP contribution is 2.56.